The average molecular weight is 401 g/mol. The van der Waals surface area contributed by atoms with Gasteiger partial charge < -0.3 is 29.0 Å². The van der Waals surface area contributed by atoms with Gasteiger partial charge >= 0.3 is 0 Å². The Morgan fingerprint density at radius 1 is 1.00 bits per heavy atom. The van der Waals surface area contributed by atoms with Crippen LogP contribution in [0.1, 0.15) is 31.9 Å². The lowest BCUT2D eigenvalue weighted by molar-refractivity contribution is -0.124. The second kappa shape index (κ2) is 8.51. The van der Waals surface area contributed by atoms with Gasteiger partial charge in [0.2, 0.25) is 0 Å². The molecule has 1 amide bonds. The zero-order valence-electron chi connectivity index (χ0n) is 17.4. The standard InChI is InChI=1S/C22H27NO6/c1-22(2)12-19(18-11-14(25-3)6-7-20(18)29-22)23-21(24)13-28-17-9-15(26-4)8-16(10-17)27-5/h6-11,19H,12-13H2,1-5H3,(H,23,24). The van der Waals surface area contributed by atoms with Crippen LogP contribution in [-0.2, 0) is 4.79 Å². The summed E-state index contributed by atoms with van der Waals surface area (Å²) in [6, 6.07) is 10.5. The third kappa shape index (κ3) is 5.04. The number of hydrogen-bond donors (Lipinski definition) is 1. The molecule has 3 rings (SSSR count). The van der Waals surface area contributed by atoms with E-state index in [-0.39, 0.29) is 18.6 Å². The van der Waals surface area contributed by atoms with Gasteiger partial charge in [-0.1, -0.05) is 0 Å². The van der Waals surface area contributed by atoms with E-state index in [2.05, 4.69) is 5.32 Å². The molecule has 1 N–H and O–H groups in total. The van der Waals surface area contributed by atoms with Crippen LogP contribution < -0.4 is 29.0 Å². The Kier molecular flexibility index (Phi) is 6.06. The summed E-state index contributed by atoms with van der Waals surface area (Å²) in [5.41, 5.74) is 0.487. The Labute approximate surface area is 170 Å². The van der Waals surface area contributed by atoms with Crippen molar-refractivity contribution in [3.05, 3.63) is 42.0 Å². The van der Waals surface area contributed by atoms with Crippen molar-refractivity contribution in [1.82, 2.24) is 5.32 Å². The van der Waals surface area contributed by atoms with Crippen molar-refractivity contribution in [1.29, 1.82) is 0 Å². The molecule has 1 aliphatic heterocycles. The highest BCUT2D eigenvalue weighted by Gasteiger charge is 2.34. The van der Waals surface area contributed by atoms with Gasteiger partial charge in [0.15, 0.2) is 6.61 Å². The molecule has 0 saturated heterocycles. The first-order chi connectivity index (χ1) is 13.8. The zero-order chi connectivity index (χ0) is 21.0. The molecule has 0 aromatic heterocycles. The molecule has 0 bridgehead atoms. The molecule has 7 nitrogen and oxygen atoms in total. The molecule has 2 aromatic carbocycles. The Bertz CT molecular complexity index is 857. The molecule has 0 radical (unpaired) electrons. The number of fused-ring (bicyclic) bond motifs is 1. The minimum Gasteiger partial charge on any atom is -0.497 e. The van der Waals surface area contributed by atoms with E-state index in [0.29, 0.717) is 29.4 Å². The Morgan fingerprint density at radius 2 is 1.62 bits per heavy atom. The number of nitrogens with one attached hydrogen (secondary N) is 1. The number of amides is 1. The number of benzene rings is 2. The van der Waals surface area contributed by atoms with Crippen molar-refractivity contribution in [2.75, 3.05) is 27.9 Å². The monoisotopic (exact) mass is 401 g/mol. The van der Waals surface area contributed by atoms with Crippen molar-refractivity contribution in [3.8, 4) is 28.7 Å². The lowest BCUT2D eigenvalue weighted by Gasteiger charge is -2.38. The van der Waals surface area contributed by atoms with Crippen LogP contribution >= 0.6 is 0 Å². The predicted octanol–water partition coefficient (Wildman–Crippen LogP) is 3.51. The maximum Gasteiger partial charge on any atom is 0.258 e. The first-order valence-corrected chi connectivity index (χ1v) is 9.36. The minimum absolute atomic E-state index is 0.132. The molecule has 1 atom stereocenters. The van der Waals surface area contributed by atoms with Gasteiger partial charge in [-0.05, 0) is 32.0 Å². The predicted molar refractivity (Wildman–Crippen MR) is 108 cm³/mol. The van der Waals surface area contributed by atoms with Crippen LogP contribution in [0.4, 0.5) is 0 Å². The van der Waals surface area contributed by atoms with Crippen LogP contribution in [0.3, 0.4) is 0 Å². The van der Waals surface area contributed by atoms with Gasteiger partial charge in [0.1, 0.15) is 34.3 Å². The summed E-state index contributed by atoms with van der Waals surface area (Å²) in [7, 11) is 4.73. The van der Waals surface area contributed by atoms with E-state index >= 15 is 0 Å². The highest BCUT2D eigenvalue weighted by Crippen LogP contribution is 2.41. The average Bonchev–Trinajstić information content (AvgIpc) is 2.71. The second-order valence-electron chi connectivity index (χ2n) is 7.43. The number of carbonyl (C=O) groups is 1. The summed E-state index contributed by atoms with van der Waals surface area (Å²) in [5, 5.41) is 3.05. The third-order valence-electron chi connectivity index (χ3n) is 4.70. The van der Waals surface area contributed by atoms with Crippen LogP contribution in [0.5, 0.6) is 28.7 Å². The smallest absolute Gasteiger partial charge is 0.258 e. The summed E-state index contributed by atoms with van der Waals surface area (Å²) in [6.45, 7) is 3.87. The van der Waals surface area contributed by atoms with Crippen molar-refractivity contribution in [2.45, 2.75) is 31.9 Å². The Morgan fingerprint density at radius 3 is 2.24 bits per heavy atom. The topological polar surface area (TPSA) is 75.3 Å². The van der Waals surface area contributed by atoms with E-state index in [1.807, 2.05) is 32.0 Å². The highest BCUT2D eigenvalue weighted by molar-refractivity contribution is 5.78. The number of ether oxygens (including phenoxy) is 5. The molecule has 0 aliphatic carbocycles. The van der Waals surface area contributed by atoms with Gasteiger partial charge in [-0.25, -0.2) is 0 Å². The van der Waals surface area contributed by atoms with Crippen molar-refractivity contribution in [2.24, 2.45) is 0 Å². The fraction of sp³-hybridized carbons (Fsp3) is 0.409. The molecule has 0 spiro atoms. The van der Waals surface area contributed by atoms with Gasteiger partial charge in [0.25, 0.3) is 5.91 Å². The number of carbonyl (C=O) groups excluding carboxylic acids is 1. The largest absolute Gasteiger partial charge is 0.497 e. The summed E-state index contributed by atoms with van der Waals surface area (Å²) in [5.74, 6) is 2.89. The Balaban J connectivity index is 1.71. The van der Waals surface area contributed by atoms with Crippen LogP contribution in [0.25, 0.3) is 0 Å². The van der Waals surface area contributed by atoms with E-state index in [4.69, 9.17) is 23.7 Å². The number of hydrogen-bond acceptors (Lipinski definition) is 6. The quantitative estimate of drug-likeness (QED) is 0.765. The van der Waals surface area contributed by atoms with Crippen molar-refractivity contribution in [3.63, 3.8) is 0 Å². The van der Waals surface area contributed by atoms with E-state index in [9.17, 15) is 4.79 Å². The molecule has 1 unspecified atom stereocenters. The van der Waals surface area contributed by atoms with Crippen LogP contribution in [-0.4, -0.2) is 39.4 Å². The SMILES string of the molecule is COc1cc(OC)cc(OCC(=O)NC2CC(C)(C)Oc3ccc(OC)cc32)c1. The normalized spacial score (nSPS) is 16.8. The molecule has 156 valence electrons. The first-order valence-electron chi connectivity index (χ1n) is 9.36. The minimum atomic E-state index is -0.402. The highest BCUT2D eigenvalue weighted by atomic mass is 16.5. The van der Waals surface area contributed by atoms with Crippen molar-refractivity contribution >= 4 is 5.91 Å². The summed E-state index contributed by atoms with van der Waals surface area (Å²) in [6.07, 6.45) is 0.631. The summed E-state index contributed by atoms with van der Waals surface area (Å²) >= 11 is 0. The van der Waals surface area contributed by atoms with E-state index in [1.54, 1.807) is 39.5 Å². The van der Waals surface area contributed by atoms with Gasteiger partial charge in [-0.3, -0.25) is 4.79 Å². The number of methoxy groups -OCH3 is 3. The molecule has 0 saturated carbocycles. The molecule has 2 aromatic rings. The Hall–Kier alpha value is -3.09. The third-order valence-corrected chi connectivity index (χ3v) is 4.70. The maximum atomic E-state index is 12.6. The number of rotatable bonds is 7. The molecule has 0 fully saturated rings. The van der Waals surface area contributed by atoms with Gasteiger partial charge in [0, 0.05) is 30.2 Å². The molecule has 29 heavy (non-hydrogen) atoms. The van der Waals surface area contributed by atoms with Gasteiger partial charge in [-0.2, -0.15) is 0 Å². The van der Waals surface area contributed by atoms with Crippen molar-refractivity contribution < 1.29 is 28.5 Å². The summed E-state index contributed by atoms with van der Waals surface area (Å²) < 4.78 is 27.5. The molecule has 1 aliphatic rings. The van der Waals surface area contributed by atoms with E-state index in [0.717, 1.165) is 11.3 Å². The maximum absolute atomic E-state index is 12.6. The van der Waals surface area contributed by atoms with Gasteiger partial charge in [0.05, 0.1) is 27.4 Å². The fourth-order valence-electron chi connectivity index (χ4n) is 3.34. The van der Waals surface area contributed by atoms with E-state index < -0.39 is 5.60 Å². The van der Waals surface area contributed by atoms with Gasteiger partial charge in [-0.15, -0.1) is 0 Å². The molecule has 7 heteroatoms. The molecular weight excluding hydrogens is 374 g/mol. The van der Waals surface area contributed by atoms with Crippen LogP contribution in [0, 0.1) is 0 Å². The van der Waals surface area contributed by atoms with E-state index in [1.165, 1.54) is 0 Å². The molecule has 1 heterocycles. The summed E-state index contributed by atoms with van der Waals surface area (Å²) in [4.78, 5) is 12.6. The zero-order valence-corrected chi connectivity index (χ0v) is 17.4. The lowest BCUT2D eigenvalue weighted by atomic mass is 9.89. The fourth-order valence-corrected chi connectivity index (χ4v) is 3.34. The van der Waals surface area contributed by atoms with Crippen LogP contribution in [0.15, 0.2) is 36.4 Å². The first kappa shape index (κ1) is 20.6. The van der Waals surface area contributed by atoms with Crippen LogP contribution in [0.2, 0.25) is 0 Å². The molecular formula is C22H27NO6. The lowest BCUT2D eigenvalue weighted by Crippen LogP contribution is -2.42. The second-order valence-corrected chi connectivity index (χ2v) is 7.43.